The summed E-state index contributed by atoms with van der Waals surface area (Å²) in [6.07, 6.45) is 5.92. The second-order valence-electron chi connectivity index (χ2n) is 8.18. The molecule has 0 spiro atoms. The highest BCUT2D eigenvalue weighted by Gasteiger charge is 2.44. The molecular weight excluding hydrogens is 382 g/mol. The monoisotopic (exact) mass is 407 g/mol. The highest BCUT2D eigenvalue weighted by Crippen LogP contribution is 2.39. The van der Waals surface area contributed by atoms with Crippen molar-refractivity contribution in [3.63, 3.8) is 0 Å². The Balaban J connectivity index is 1.28. The molecule has 7 heteroatoms. The van der Waals surface area contributed by atoms with Crippen LogP contribution in [0.4, 0.5) is 0 Å². The zero-order chi connectivity index (χ0) is 20.7. The number of aromatic nitrogens is 2. The standard InChI is InChI=1S/C23H25N3O4/c1-29-19-4-2-3-5-20(19)30-21-11-17-14-26(13-16(17)10-18(21)27)23(28)15-6-8-25-9-7-24-22(25)12-15/h2-9,12,16-18,21,27H,10-11,13-14H2,1H3/t16-,17+,18+,21+/m0/s1. The molecule has 2 aromatic heterocycles. The lowest BCUT2D eigenvalue weighted by molar-refractivity contribution is -0.0240. The first-order valence-corrected chi connectivity index (χ1v) is 10.3. The summed E-state index contributed by atoms with van der Waals surface area (Å²) < 4.78 is 13.4. The fourth-order valence-electron chi connectivity index (χ4n) is 4.79. The third-order valence-corrected chi connectivity index (χ3v) is 6.36. The second kappa shape index (κ2) is 7.65. The van der Waals surface area contributed by atoms with Gasteiger partial charge in [-0.25, -0.2) is 4.98 Å². The van der Waals surface area contributed by atoms with Crippen LogP contribution in [0.3, 0.4) is 0 Å². The Kier molecular flexibility index (Phi) is 4.83. The van der Waals surface area contributed by atoms with Gasteiger partial charge in [0.15, 0.2) is 11.5 Å². The van der Waals surface area contributed by atoms with Gasteiger partial charge in [0.05, 0.1) is 13.2 Å². The van der Waals surface area contributed by atoms with Gasteiger partial charge in [0.2, 0.25) is 0 Å². The minimum atomic E-state index is -0.563. The molecule has 3 heterocycles. The number of hydrogen-bond acceptors (Lipinski definition) is 5. The molecule has 5 rings (SSSR count). The number of ether oxygens (including phenoxy) is 2. The smallest absolute Gasteiger partial charge is 0.254 e. The van der Waals surface area contributed by atoms with Crippen LogP contribution in [-0.4, -0.2) is 57.7 Å². The van der Waals surface area contributed by atoms with Crippen LogP contribution in [0.25, 0.3) is 5.65 Å². The number of nitrogens with zero attached hydrogens (tertiary/aromatic N) is 3. The van der Waals surface area contributed by atoms with Gasteiger partial charge in [-0.2, -0.15) is 0 Å². The molecule has 7 nitrogen and oxygen atoms in total. The highest BCUT2D eigenvalue weighted by atomic mass is 16.5. The second-order valence-corrected chi connectivity index (χ2v) is 8.18. The molecule has 1 aliphatic heterocycles. The summed E-state index contributed by atoms with van der Waals surface area (Å²) in [6.45, 7) is 1.35. The minimum absolute atomic E-state index is 0.0200. The van der Waals surface area contributed by atoms with Gasteiger partial charge in [0, 0.05) is 37.2 Å². The lowest BCUT2D eigenvalue weighted by Gasteiger charge is -2.35. The first-order chi connectivity index (χ1) is 14.6. The van der Waals surface area contributed by atoms with Crippen molar-refractivity contribution in [2.24, 2.45) is 11.8 Å². The fourth-order valence-corrected chi connectivity index (χ4v) is 4.79. The minimum Gasteiger partial charge on any atom is -0.493 e. The molecular formula is C23H25N3O4. The zero-order valence-electron chi connectivity index (χ0n) is 16.8. The van der Waals surface area contributed by atoms with Gasteiger partial charge < -0.3 is 23.9 Å². The van der Waals surface area contributed by atoms with Crippen LogP contribution in [0.2, 0.25) is 0 Å². The number of benzene rings is 1. The summed E-state index contributed by atoms with van der Waals surface area (Å²) in [7, 11) is 1.61. The van der Waals surface area contributed by atoms with Gasteiger partial charge in [0.25, 0.3) is 5.91 Å². The quantitative estimate of drug-likeness (QED) is 0.720. The van der Waals surface area contributed by atoms with Crippen LogP contribution < -0.4 is 9.47 Å². The molecule has 2 aliphatic rings. The molecule has 1 N–H and O–H groups in total. The van der Waals surface area contributed by atoms with E-state index < -0.39 is 6.10 Å². The number of rotatable bonds is 4. The number of likely N-dealkylation sites (tertiary alicyclic amines) is 1. The van der Waals surface area contributed by atoms with Crippen LogP contribution >= 0.6 is 0 Å². The SMILES string of the molecule is COc1ccccc1O[C@@H]1C[C@@H]2CN(C(=O)c3ccn4ccnc4c3)C[C@@H]2C[C@H]1O. The number of aliphatic hydroxyl groups is 1. The first kappa shape index (κ1) is 18.9. The summed E-state index contributed by atoms with van der Waals surface area (Å²) in [5.74, 6) is 1.92. The predicted molar refractivity (Wildman–Crippen MR) is 111 cm³/mol. The molecule has 2 fully saturated rings. The van der Waals surface area contributed by atoms with Crippen molar-refractivity contribution in [3.05, 3.63) is 60.6 Å². The van der Waals surface area contributed by atoms with Gasteiger partial charge in [0.1, 0.15) is 11.8 Å². The van der Waals surface area contributed by atoms with Gasteiger partial charge in [-0.05, 0) is 48.9 Å². The van der Waals surface area contributed by atoms with E-state index in [4.69, 9.17) is 9.47 Å². The van der Waals surface area contributed by atoms with Crippen LogP contribution in [0.5, 0.6) is 11.5 Å². The summed E-state index contributed by atoms with van der Waals surface area (Å²) in [5, 5.41) is 10.7. The van der Waals surface area contributed by atoms with Crippen molar-refractivity contribution in [2.75, 3.05) is 20.2 Å². The number of amides is 1. The van der Waals surface area contributed by atoms with E-state index in [1.165, 1.54) is 0 Å². The third kappa shape index (κ3) is 3.39. The number of hydrogen-bond donors (Lipinski definition) is 1. The molecule has 156 valence electrons. The van der Waals surface area contributed by atoms with E-state index in [9.17, 15) is 9.90 Å². The van der Waals surface area contributed by atoms with E-state index in [0.29, 0.717) is 48.9 Å². The lowest BCUT2D eigenvalue weighted by Crippen LogP contribution is -2.42. The van der Waals surface area contributed by atoms with Crippen molar-refractivity contribution in [3.8, 4) is 11.5 Å². The van der Waals surface area contributed by atoms with Crippen LogP contribution in [0.15, 0.2) is 55.0 Å². The largest absolute Gasteiger partial charge is 0.493 e. The van der Waals surface area contributed by atoms with Crippen LogP contribution in [-0.2, 0) is 0 Å². The molecule has 1 saturated carbocycles. The molecule has 4 atom stereocenters. The van der Waals surface area contributed by atoms with E-state index in [1.54, 1.807) is 13.3 Å². The Morgan fingerprint density at radius 2 is 1.87 bits per heavy atom. The Hall–Kier alpha value is -3.06. The zero-order valence-corrected chi connectivity index (χ0v) is 16.8. The fraction of sp³-hybridized carbons (Fsp3) is 0.391. The molecule has 0 unspecified atom stereocenters. The highest BCUT2D eigenvalue weighted by molar-refractivity contribution is 5.95. The number of pyridine rings is 1. The summed E-state index contributed by atoms with van der Waals surface area (Å²) >= 11 is 0. The van der Waals surface area contributed by atoms with E-state index in [2.05, 4.69) is 4.98 Å². The van der Waals surface area contributed by atoms with Crippen molar-refractivity contribution in [1.82, 2.24) is 14.3 Å². The molecule has 1 aliphatic carbocycles. The Labute approximate surface area is 174 Å². The maximum Gasteiger partial charge on any atom is 0.254 e. The third-order valence-electron chi connectivity index (χ3n) is 6.36. The number of aliphatic hydroxyl groups excluding tert-OH is 1. The maximum absolute atomic E-state index is 13.1. The first-order valence-electron chi connectivity index (χ1n) is 10.3. The molecule has 1 saturated heterocycles. The Morgan fingerprint density at radius 3 is 2.67 bits per heavy atom. The number of carbonyl (C=O) groups excluding carboxylic acids is 1. The molecule has 0 bridgehead atoms. The Morgan fingerprint density at radius 1 is 1.10 bits per heavy atom. The van der Waals surface area contributed by atoms with Crippen LogP contribution in [0.1, 0.15) is 23.2 Å². The molecule has 1 amide bonds. The maximum atomic E-state index is 13.1. The Bertz CT molecular complexity index is 1070. The van der Waals surface area contributed by atoms with Crippen molar-refractivity contribution >= 4 is 11.6 Å². The number of para-hydroxylation sites is 2. The topological polar surface area (TPSA) is 76.3 Å². The van der Waals surface area contributed by atoms with Crippen molar-refractivity contribution in [1.29, 1.82) is 0 Å². The molecule has 30 heavy (non-hydrogen) atoms. The number of fused-ring (bicyclic) bond motifs is 2. The number of methoxy groups -OCH3 is 1. The van der Waals surface area contributed by atoms with Gasteiger partial charge >= 0.3 is 0 Å². The van der Waals surface area contributed by atoms with Crippen LogP contribution in [0, 0.1) is 11.8 Å². The van der Waals surface area contributed by atoms with E-state index in [0.717, 1.165) is 5.65 Å². The van der Waals surface area contributed by atoms with Gasteiger partial charge in [-0.15, -0.1) is 0 Å². The average molecular weight is 407 g/mol. The lowest BCUT2D eigenvalue weighted by atomic mass is 9.78. The predicted octanol–water partition coefficient (Wildman–Crippen LogP) is 2.63. The summed E-state index contributed by atoms with van der Waals surface area (Å²) in [5.41, 5.74) is 1.41. The normalized spacial score (nSPS) is 25.9. The van der Waals surface area contributed by atoms with E-state index in [1.807, 2.05) is 58.1 Å². The van der Waals surface area contributed by atoms with Gasteiger partial charge in [-0.3, -0.25) is 4.79 Å². The van der Waals surface area contributed by atoms with Crippen molar-refractivity contribution in [2.45, 2.75) is 25.0 Å². The van der Waals surface area contributed by atoms with E-state index in [-0.39, 0.29) is 17.9 Å². The summed E-state index contributed by atoms with van der Waals surface area (Å²) in [6, 6.07) is 11.1. The molecule has 0 radical (unpaired) electrons. The van der Waals surface area contributed by atoms with E-state index >= 15 is 0 Å². The molecule has 1 aromatic carbocycles. The van der Waals surface area contributed by atoms with Crippen molar-refractivity contribution < 1.29 is 19.4 Å². The number of imidazole rings is 1. The van der Waals surface area contributed by atoms with Gasteiger partial charge in [-0.1, -0.05) is 12.1 Å². The number of carbonyl (C=O) groups is 1. The summed E-state index contributed by atoms with van der Waals surface area (Å²) in [4.78, 5) is 19.2. The average Bonchev–Trinajstić information content (AvgIpc) is 3.39. The molecule has 3 aromatic rings.